The predicted octanol–water partition coefficient (Wildman–Crippen LogP) is -0.170. The van der Waals surface area contributed by atoms with Crippen LogP contribution in [0.2, 0.25) is 0 Å². The lowest BCUT2D eigenvalue weighted by Crippen LogP contribution is -2.35. The van der Waals surface area contributed by atoms with Crippen LogP contribution < -0.4 is 10.6 Å². The van der Waals surface area contributed by atoms with Gasteiger partial charge in [0.25, 0.3) is 0 Å². The maximum atomic E-state index is 11.3. The molecule has 1 heterocycles. The Labute approximate surface area is 104 Å². The molecule has 1 aromatic heterocycles. The van der Waals surface area contributed by atoms with Crippen LogP contribution in [-0.2, 0) is 16.1 Å². The first-order chi connectivity index (χ1) is 8.63. The topological polar surface area (TPSA) is 101 Å². The molecule has 1 rings (SSSR count). The molecular weight excluding hydrogens is 240 g/mol. The van der Waals surface area contributed by atoms with Gasteiger partial charge in [0.15, 0.2) is 0 Å². The second-order valence-corrected chi connectivity index (χ2v) is 3.55. The molecule has 0 fully saturated rings. The number of amides is 1. The van der Waals surface area contributed by atoms with Gasteiger partial charge in [-0.25, -0.2) is 4.79 Å². The lowest BCUT2D eigenvalue weighted by molar-refractivity contribution is -0.120. The number of rotatable bonds is 8. The van der Waals surface area contributed by atoms with Crippen molar-refractivity contribution in [1.29, 1.82) is 0 Å². The quantitative estimate of drug-likeness (QED) is 0.558. The van der Waals surface area contributed by atoms with Crippen molar-refractivity contribution in [3.8, 4) is 0 Å². The fourth-order valence-corrected chi connectivity index (χ4v) is 1.24. The third-order valence-electron chi connectivity index (χ3n) is 2.11. The van der Waals surface area contributed by atoms with Crippen LogP contribution in [0.1, 0.15) is 16.1 Å². The summed E-state index contributed by atoms with van der Waals surface area (Å²) in [6.07, 6.45) is 1.16. The molecule has 18 heavy (non-hydrogen) atoms. The van der Waals surface area contributed by atoms with Gasteiger partial charge in [-0.1, -0.05) is 0 Å². The van der Waals surface area contributed by atoms with Crippen LogP contribution >= 0.6 is 0 Å². The van der Waals surface area contributed by atoms with Crippen LogP contribution in [0.3, 0.4) is 0 Å². The SMILES string of the molecule is COCCNC(=O)CNCc1cc(C(=O)O)co1. The van der Waals surface area contributed by atoms with Crippen molar-refractivity contribution in [1.82, 2.24) is 10.6 Å². The maximum absolute atomic E-state index is 11.3. The average molecular weight is 256 g/mol. The van der Waals surface area contributed by atoms with Crippen LogP contribution in [0, 0.1) is 0 Å². The molecular formula is C11H16N2O5. The van der Waals surface area contributed by atoms with E-state index in [4.69, 9.17) is 14.3 Å². The maximum Gasteiger partial charge on any atom is 0.338 e. The fraction of sp³-hybridized carbons (Fsp3) is 0.455. The summed E-state index contributed by atoms with van der Waals surface area (Å²) in [5, 5.41) is 14.2. The van der Waals surface area contributed by atoms with Gasteiger partial charge < -0.3 is 24.9 Å². The van der Waals surface area contributed by atoms with E-state index in [-0.39, 0.29) is 18.0 Å². The number of methoxy groups -OCH3 is 1. The third kappa shape index (κ3) is 4.98. The highest BCUT2D eigenvalue weighted by Gasteiger charge is 2.08. The standard InChI is InChI=1S/C11H16N2O5/c1-17-3-2-13-10(14)6-12-5-9-4-8(7-18-9)11(15)16/h4,7,12H,2-3,5-6H2,1H3,(H,13,14)(H,15,16). The van der Waals surface area contributed by atoms with Crippen LogP contribution in [0.4, 0.5) is 0 Å². The van der Waals surface area contributed by atoms with E-state index in [1.807, 2.05) is 0 Å². The molecule has 100 valence electrons. The van der Waals surface area contributed by atoms with Crippen molar-refractivity contribution in [3.63, 3.8) is 0 Å². The first kappa shape index (κ1) is 14.2. The summed E-state index contributed by atoms with van der Waals surface area (Å²) >= 11 is 0. The van der Waals surface area contributed by atoms with Crippen molar-refractivity contribution in [3.05, 3.63) is 23.7 Å². The molecule has 0 unspecified atom stereocenters. The number of carbonyl (C=O) groups is 2. The van der Waals surface area contributed by atoms with E-state index in [1.165, 1.54) is 6.07 Å². The van der Waals surface area contributed by atoms with Crippen molar-refractivity contribution >= 4 is 11.9 Å². The molecule has 1 amide bonds. The van der Waals surface area contributed by atoms with Gasteiger partial charge in [-0.2, -0.15) is 0 Å². The third-order valence-corrected chi connectivity index (χ3v) is 2.11. The zero-order valence-corrected chi connectivity index (χ0v) is 10.1. The number of furan rings is 1. The number of nitrogens with one attached hydrogen (secondary N) is 2. The molecule has 0 bridgehead atoms. The van der Waals surface area contributed by atoms with Crippen molar-refractivity contribution in [2.24, 2.45) is 0 Å². The summed E-state index contributed by atoms with van der Waals surface area (Å²) in [5.74, 6) is -0.725. The van der Waals surface area contributed by atoms with E-state index in [1.54, 1.807) is 7.11 Å². The lowest BCUT2D eigenvalue weighted by atomic mass is 10.3. The molecule has 3 N–H and O–H groups in total. The predicted molar refractivity (Wildman–Crippen MR) is 62.3 cm³/mol. The van der Waals surface area contributed by atoms with Gasteiger partial charge in [0.05, 0.1) is 25.3 Å². The number of hydrogen-bond acceptors (Lipinski definition) is 5. The Kier molecular flexibility index (Phi) is 5.89. The van der Waals surface area contributed by atoms with E-state index in [2.05, 4.69) is 10.6 Å². The van der Waals surface area contributed by atoms with Gasteiger partial charge in [0.2, 0.25) is 5.91 Å². The molecule has 0 aliphatic rings. The Hall–Kier alpha value is -1.86. The second kappa shape index (κ2) is 7.46. The summed E-state index contributed by atoms with van der Waals surface area (Å²) in [5.41, 5.74) is 0.0938. The van der Waals surface area contributed by atoms with Gasteiger partial charge in [-0.3, -0.25) is 4.79 Å². The Morgan fingerprint density at radius 2 is 2.28 bits per heavy atom. The molecule has 0 aliphatic carbocycles. The van der Waals surface area contributed by atoms with Crippen LogP contribution in [0.25, 0.3) is 0 Å². The largest absolute Gasteiger partial charge is 0.478 e. The highest BCUT2D eigenvalue weighted by molar-refractivity contribution is 5.87. The van der Waals surface area contributed by atoms with Crippen molar-refractivity contribution in [2.75, 3.05) is 26.8 Å². The molecule has 0 aliphatic heterocycles. The molecule has 0 aromatic carbocycles. The van der Waals surface area contributed by atoms with Gasteiger partial charge in [0.1, 0.15) is 12.0 Å². The van der Waals surface area contributed by atoms with Gasteiger partial charge in [0, 0.05) is 13.7 Å². The summed E-state index contributed by atoms with van der Waals surface area (Å²) in [7, 11) is 1.56. The van der Waals surface area contributed by atoms with Gasteiger partial charge in [-0.05, 0) is 6.07 Å². The Morgan fingerprint density at radius 1 is 1.50 bits per heavy atom. The second-order valence-electron chi connectivity index (χ2n) is 3.55. The van der Waals surface area contributed by atoms with E-state index in [0.717, 1.165) is 6.26 Å². The number of carboxylic acids is 1. The molecule has 0 spiro atoms. The Balaban J connectivity index is 2.20. The van der Waals surface area contributed by atoms with Crippen LogP contribution in [0.15, 0.2) is 16.7 Å². The molecule has 7 heteroatoms. The molecule has 0 radical (unpaired) electrons. The minimum Gasteiger partial charge on any atom is -0.478 e. The van der Waals surface area contributed by atoms with E-state index >= 15 is 0 Å². The zero-order valence-electron chi connectivity index (χ0n) is 10.1. The first-order valence-electron chi connectivity index (χ1n) is 5.40. The fourth-order valence-electron chi connectivity index (χ4n) is 1.24. The number of ether oxygens (including phenoxy) is 1. The lowest BCUT2D eigenvalue weighted by Gasteiger charge is -2.04. The summed E-state index contributed by atoms with van der Waals surface area (Å²) < 4.78 is 9.80. The van der Waals surface area contributed by atoms with E-state index < -0.39 is 5.97 Å². The molecule has 0 saturated carbocycles. The minimum atomic E-state index is -1.04. The smallest absolute Gasteiger partial charge is 0.338 e. The first-order valence-corrected chi connectivity index (χ1v) is 5.40. The van der Waals surface area contributed by atoms with Crippen LogP contribution in [0.5, 0.6) is 0 Å². The van der Waals surface area contributed by atoms with Crippen LogP contribution in [-0.4, -0.2) is 43.8 Å². The zero-order chi connectivity index (χ0) is 13.4. The molecule has 0 saturated heterocycles. The molecule has 0 atom stereocenters. The van der Waals surface area contributed by atoms with Crippen molar-refractivity contribution < 1.29 is 23.8 Å². The number of hydrogen-bond donors (Lipinski definition) is 3. The Bertz CT molecular complexity index is 402. The average Bonchev–Trinajstić information content (AvgIpc) is 2.78. The normalized spacial score (nSPS) is 10.3. The molecule has 1 aromatic rings. The number of aromatic carboxylic acids is 1. The van der Waals surface area contributed by atoms with Gasteiger partial charge >= 0.3 is 5.97 Å². The minimum absolute atomic E-state index is 0.0938. The summed E-state index contributed by atoms with van der Waals surface area (Å²) in [6.45, 7) is 1.35. The monoisotopic (exact) mass is 256 g/mol. The van der Waals surface area contributed by atoms with E-state index in [9.17, 15) is 9.59 Å². The Morgan fingerprint density at radius 3 is 2.89 bits per heavy atom. The van der Waals surface area contributed by atoms with E-state index in [0.29, 0.717) is 25.5 Å². The summed E-state index contributed by atoms with van der Waals surface area (Å²) in [4.78, 5) is 21.9. The number of carbonyl (C=O) groups excluding carboxylic acids is 1. The highest BCUT2D eigenvalue weighted by Crippen LogP contribution is 2.06. The highest BCUT2D eigenvalue weighted by atomic mass is 16.5. The van der Waals surface area contributed by atoms with Crippen molar-refractivity contribution in [2.45, 2.75) is 6.54 Å². The van der Waals surface area contributed by atoms with Gasteiger partial charge in [-0.15, -0.1) is 0 Å². The number of carboxylic acid groups (broad SMARTS) is 1. The molecule has 7 nitrogen and oxygen atoms in total. The summed E-state index contributed by atoms with van der Waals surface area (Å²) in [6, 6.07) is 1.41.